The first kappa shape index (κ1) is 18.6. The number of carbonyl (C=O) groups excluding carboxylic acids is 1. The summed E-state index contributed by atoms with van der Waals surface area (Å²) in [5.74, 6) is -0.558. The zero-order valence-corrected chi connectivity index (χ0v) is 16.6. The van der Waals surface area contributed by atoms with Gasteiger partial charge in [0.2, 0.25) is 5.91 Å². The van der Waals surface area contributed by atoms with E-state index in [4.69, 9.17) is 0 Å². The van der Waals surface area contributed by atoms with Crippen molar-refractivity contribution in [2.24, 2.45) is 7.05 Å². The zero-order chi connectivity index (χ0) is 19.8. The highest BCUT2D eigenvalue weighted by Gasteiger charge is 2.25. The number of rotatable bonds is 4. The van der Waals surface area contributed by atoms with Gasteiger partial charge in [0.1, 0.15) is 12.4 Å². The van der Waals surface area contributed by atoms with Crippen LogP contribution in [0.4, 0.5) is 4.39 Å². The molecule has 3 aromatic rings. The van der Waals surface area contributed by atoms with Crippen molar-refractivity contribution in [2.75, 3.05) is 0 Å². The fraction of sp³-hybridized carbons (Fsp3) is 0.350. The summed E-state index contributed by atoms with van der Waals surface area (Å²) in [5, 5.41) is 7.35. The van der Waals surface area contributed by atoms with E-state index >= 15 is 0 Å². The van der Waals surface area contributed by atoms with Crippen LogP contribution < -0.4 is 10.2 Å². The van der Waals surface area contributed by atoms with Crippen LogP contribution in [0.15, 0.2) is 35.3 Å². The Morgan fingerprint density at radius 1 is 1.36 bits per heavy atom. The lowest BCUT2D eigenvalue weighted by Crippen LogP contribution is -2.35. The highest BCUT2D eigenvalue weighted by Crippen LogP contribution is 2.29. The Kier molecular flexibility index (Phi) is 4.89. The molecule has 1 aliphatic carbocycles. The molecule has 1 aromatic carbocycles. The van der Waals surface area contributed by atoms with Crippen LogP contribution in [0.2, 0.25) is 0 Å². The Balaban J connectivity index is 1.58. The maximum absolute atomic E-state index is 13.3. The summed E-state index contributed by atoms with van der Waals surface area (Å²) in [4.78, 5) is 25.8. The first-order valence-corrected chi connectivity index (χ1v) is 10.0. The fourth-order valence-electron chi connectivity index (χ4n) is 3.87. The monoisotopic (exact) mass is 400 g/mol. The van der Waals surface area contributed by atoms with Crippen LogP contribution >= 0.6 is 11.3 Å². The summed E-state index contributed by atoms with van der Waals surface area (Å²) in [6.07, 6.45) is 4.60. The molecule has 146 valence electrons. The third kappa shape index (κ3) is 3.40. The van der Waals surface area contributed by atoms with Gasteiger partial charge in [-0.3, -0.25) is 18.8 Å². The number of aryl methyl sites for hydroxylation is 2. The van der Waals surface area contributed by atoms with E-state index in [2.05, 4.69) is 10.4 Å². The maximum Gasteiger partial charge on any atom is 0.308 e. The highest BCUT2D eigenvalue weighted by atomic mass is 32.1. The van der Waals surface area contributed by atoms with Crippen molar-refractivity contribution < 1.29 is 9.18 Å². The van der Waals surface area contributed by atoms with Crippen molar-refractivity contribution in [1.29, 1.82) is 0 Å². The van der Waals surface area contributed by atoms with Crippen LogP contribution in [0.25, 0.3) is 11.3 Å². The minimum absolute atomic E-state index is 0.0675. The second kappa shape index (κ2) is 7.35. The average Bonchev–Trinajstić information content (AvgIpc) is 3.17. The predicted molar refractivity (Wildman–Crippen MR) is 106 cm³/mol. The molecule has 8 heteroatoms. The van der Waals surface area contributed by atoms with Crippen LogP contribution in [-0.4, -0.2) is 20.3 Å². The van der Waals surface area contributed by atoms with E-state index in [0.29, 0.717) is 5.69 Å². The summed E-state index contributed by atoms with van der Waals surface area (Å²) in [6.45, 7) is 1.77. The van der Waals surface area contributed by atoms with Gasteiger partial charge in [0.05, 0.1) is 17.9 Å². The van der Waals surface area contributed by atoms with Crippen LogP contribution in [0.5, 0.6) is 0 Å². The first-order valence-electron chi connectivity index (χ1n) is 9.20. The predicted octanol–water partition coefficient (Wildman–Crippen LogP) is 2.95. The number of nitrogens with zero attached hydrogens (tertiary/aromatic N) is 3. The Morgan fingerprint density at radius 3 is 2.86 bits per heavy atom. The molecule has 1 N–H and O–H groups in total. The Hall–Kier alpha value is -2.74. The molecule has 1 aliphatic rings. The fourth-order valence-corrected chi connectivity index (χ4v) is 4.72. The average molecular weight is 400 g/mol. The number of amides is 1. The molecule has 0 saturated carbocycles. The number of benzene rings is 1. The third-order valence-corrected chi connectivity index (χ3v) is 6.09. The molecule has 0 aliphatic heterocycles. The molecule has 2 heterocycles. The van der Waals surface area contributed by atoms with Crippen LogP contribution in [0, 0.1) is 12.7 Å². The highest BCUT2D eigenvalue weighted by molar-refractivity contribution is 7.09. The summed E-state index contributed by atoms with van der Waals surface area (Å²) in [6, 6.07) is 5.87. The van der Waals surface area contributed by atoms with Crippen molar-refractivity contribution in [3.63, 3.8) is 0 Å². The summed E-state index contributed by atoms with van der Waals surface area (Å²) >= 11 is 1.10. The molecule has 4 rings (SSSR count). The molecule has 0 fully saturated rings. The number of aromatic nitrogens is 3. The van der Waals surface area contributed by atoms with E-state index in [1.165, 1.54) is 16.7 Å². The second-order valence-corrected chi connectivity index (χ2v) is 8.21. The van der Waals surface area contributed by atoms with Gasteiger partial charge in [0, 0.05) is 23.2 Å². The van der Waals surface area contributed by atoms with E-state index in [1.807, 2.05) is 24.9 Å². The summed E-state index contributed by atoms with van der Waals surface area (Å²) in [5.41, 5.74) is 3.58. The SMILES string of the molecule is Cc1sc(=O)n(CC(=O)NC2CCCc3c2cnn3C)c1-c1ccc(F)cc1. The van der Waals surface area contributed by atoms with Gasteiger partial charge in [-0.05, 0) is 56.0 Å². The number of hydrogen-bond acceptors (Lipinski definition) is 4. The number of hydrogen-bond donors (Lipinski definition) is 1. The first-order chi connectivity index (χ1) is 13.4. The van der Waals surface area contributed by atoms with Gasteiger partial charge in [-0.2, -0.15) is 5.10 Å². The molecule has 6 nitrogen and oxygen atoms in total. The minimum Gasteiger partial charge on any atom is -0.348 e. The lowest BCUT2D eigenvalue weighted by molar-refractivity contribution is -0.122. The lowest BCUT2D eigenvalue weighted by atomic mass is 9.93. The van der Waals surface area contributed by atoms with Gasteiger partial charge in [-0.1, -0.05) is 11.3 Å². The smallest absolute Gasteiger partial charge is 0.308 e. The van der Waals surface area contributed by atoms with Crippen LogP contribution in [0.1, 0.15) is 35.0 Å². The number of halogens is 1. The van der Waals surface area contributed by atoms with E-state index in [1.54, 1.807) is 12.1 Å². The van der Waals surface area contributed by atoms with Gasteiger partial charge >= 0.3 is 4.87 Å². The van der Waals surface area contributed by atoms with Crippen molar-refractivity contribution in [2.45, 2.75) is 38.8 Å². The summed E-state index contributed by atoms with van der Waals surface area (Å²) in [7, 11) is 1.91. The zero-order valence-electron chi connectivity index (χ0n) is 15.7. The standard InChI is InChI=1S/C20H21FN4O2S/c1-12-19(13-6-8-14(21)9-7-13)25(20(27)28-12)11-18(26)23-16-4-3-5-17-15(16)10-22-24(17)2/h6-10,16H,3-5,11H2,1-2H3,(H,23,26). The third-order valence-electron chi connectivity index (χ3n) is 5.19. The van der Waals surface area contributed by atoms with E-state index in [0.717, 1.165) is 52.3 Å². The topological polar surface area (TPSA) is 68.9 Å². The molecule has 0 bridgehead atoms. The molecule has 2 aromatic heterocycles. The van der Waals surface area contributed by atoms with Gasteiger partial charge < -0.3 is 5.32 Å². The number of nitrogens with one attached hydrogen (secondary N) is 1. The Labute approximate surface area is 165 Å². The quantitative estimate of drug-likeness (QED) is 0.732. The number of thiazole rings is 1. The normalized spacial score (nSPS) is 16.0. The molecule has 1 atom stereocenters. The molecular weight excluding hydrogens is 379 g/mol. The molecular formula is C20H21FN4O2S. The maximum atomic E-state index is 13.3. The molecule has 28 heavy (non-hydrogen) atoms. The van der Waals surface area contributed by atoms with E-state index in [9.17, 15) is 14.0 Å². The van der Waals surface area contributed by atoms with Crippen LogP contribution in [-0.2, 0) is 24.8 Å². The van der Waals surface area contributed by atoms with E-state index in [-0.39, 0.29) is 29.2 Å². The summed E-state index contributed by atoms with van der Waals surface area (Å²) < 4.78 is 16.6. The number of carbonyl (C=O) groups is 1. The molecule has 0 radical (unpaired) electrons. The minimum atomic E-state index is -0.340. The van der Waals surface area contributed by atoms with Crippen molar-refractivity contribution in [3.05, 3.63) is 62.1 Å². The molecule has 0 saturated heterocycles. The Bertz CT molecular complexity index is 1080. The van der Waals surface area contributed by atoms with Crippen molar-refractivity contribution in [1.82, 2.24) is 19.7 Å². The van der Waals surface area contributed by atoms with Crippen LogP contribution in [0.3, 0.4) is 0 Å². The van der Waals surface area contributed by atoms with Crippen molar-refractivity contribution in [3.8, 4) is 11.3 Å². The van der Waals surface area contributed by atoms with Crippen molar-refractivity contribution >= 4 is 17.2 Å². The largest absolute Gasteiger partial charge is 0.348 e. The molecule has 1 amide bonds. The molecule has 1 unspecified atom stereocenters. The number of fused-ring (bicyclic) bond motifs is 1. The van der Waals surface area contributed by atoms with Gasteiger partial charge in [-0.25, -0.2) is 4.39 Å². The second-order valence-electron chi connectivity index (χ2n) is 7.05. The van der Waals surface area contributed by atoms with E-state index < -0.39 is 0 Å². The molecule has 0 spiro atoms. The van der Waals surface area contributed by atoms with Gasteiger partial charge in [-0.15, -0.1) is 0 Å². The van der Waals surface area contributed by atoms with Gasteiger partial charge in [0.25, 0.3) is 0 Å². The lowest BCUT2D eigenvalue weighted by Gasteiger charge is -2.24. The Morgan fingerprint density at radius 2 is 2.11 bits per heavy atom. The van der Waals surface area contributed by atoms with Gasteiger partial charge in [0.15, 0.2) is 0 Å².